The molecule has 3 heterocycles. The van der Waals surface area contributed by atoms with Gasteiger partial charge in [-0.3, -0.25) is 4.72 Å². The highest BCUT2D eigenvalue weighted by atomic mass is 79.9. The summed E-state index contributed by atoms with van der Waals surface area (Å²) in [6.07, 6.45) is 8.02. The maximum absolute atomic E-state index is 14.6. The van der Waals surface area contributed by atoms with Crippen molar-refractivity contribution in [2.75, 3.05) is 0 Å². The van der Waals surface area contributed by atoms with E-state index in [9.17, 15) is 16.8 Å². The number of nitrogens with one attached hydrogen (secondary N) is 3. The molecule has 0 fully saturated rings. The topological polar surface area (TPSA) is 143 Å². The van der Waals surface area contributed by atoms with Crippen molar-refractivity contribution < 1.29 is 16.8 Å². The SMILES string of the molecule is Cc1ccc(S(=O)(=O)n2c(C)c(-c3nc4c([nH]3)C3C=CC(c5cc(S(=O)(=O)N/C=C(/c6nc7c8ccccc8c8ccccc8c7[nH]6)c6cc(Br)ccc6C)ccc5C)=CC3c3ccccc3-4)c3ccccc32)cc1. The number of rotatable bonds is 9. The normalized spacial score (nSPS) is 15.6. The van der Waals surface area contributed by atoms with Crippen molar-refractivity contribution in [1.82, 2.24) is 28.6 Å². The molecule has 13 rings (SSSR count). The van der Waals surface area contributed by atoms with E-state index in [4.69, 9.17) is 9.97 Å². The van der Waals surface area contributed by atoms with Crippen molar-refractivity contribution in [2.24, 2.45) is 0 Å². The predicted molar refractivity (Wildman–Crippen MR) is 305 cm³/mol. The third kappa shape index (κ3) is 7.54. The Bertz CT molecular complexity index is 4490. The number of aromatic nitrogens is 5. The van der Waals surface area contributed by atoms with Crippen molar-refractivity contribution in [2.45, 2.75) is 49.3 Å². The Hall–Kier alpha value is -8.10. The van der Waals surface area contributed by atoms with Crippen molar-refractivity contribution in [3.8, 4) is 22.6 Å². The van der Waals surface area contributed by atoms with E-state index in [0.717, 1.165) is 104 Å². The number of halogens is 1. The van der Waals surface area contributed by atoms with E-state index in [2.05, 4.69) is 85.2 Å². The highest BCUT2D eigenvalue weighted by Gasteiger charge is 2.37. The van der Waals surface area contributed by atoms with E-state index in [0.29, 0.717) is 28.4 Å². The summed E-state index contributed by atoms with van der Waals surface area (Å²) in [5, 5.41) is 4.99. The molecule has 2 atom stereocenters. The first-order valence-corrected chi connectivity index (χ1v) is 28.4. The summed E-state index contributed by atoms with van der Waals surface area (Å²) in [7, 11) is -8.10. The zero-order valence-corrected chi connectivity index (χ0v) is 44.4. The molecule has 0 radical (unpaired) electrons. The quantitative estimate of drug-likeness (QED) is 0.123. The Kier molecular flexibility index (Phi) is 10.9. The van der Waals surface area contributed by atoms with Crippen LogP contribution in [-0.4, -0.2) is 40.7 Å². The largest absolute Gasteiger partial charge is 0.341 e. The summed E-state index contributed by atoms with van der Waals surface area (Å²) in [5.41, 5.74) is 13.2. The van der Waals surface area contributed by atoms with Gasteiger partial charge in [0.2, 0.25) is 0 Å². The lowest BCUT2D eigenvalue weighted by atomic mass is 9.72. The van der Waals surface area contributed by atoms with Crippen LogP contribution in [0.25, 0.3) is 77.3 Å². The number of benzene rings is 8. The monoisotopic (exact) mass is 1080 g/mol. The molecule has 8 aromatic carbocycles. The van der Waals surface area contributed by atoms with Crippen LogP contribution >= 0.6 is 15.9 Å². The van der Waals surface area contributed by atoms with Gasteiger partial charge in [0.15, 0.2) is 0 Å². The van der Waals surface area contributed by atoms with E-state index in [1.54, 1.807) is 30.5 Å². The average Bonchev–Trinajstić information content (AvgIpc) is 4.15. The van der Waals surface area contributed by atoms with Crippen LogP contribution in [0.5, 0.6) is 0 Å². The standard InChI is InChI=1S/C62H47BrN6O4S2/c1-35-21-27-41(28-22-35)75(72,73)69-38(4)56(50-19-11-12-20-55(50)69)62-67-59-48-18-10-7-15-45(48)53-31-39(25-30-49(53)60(59)68-62)51-33-42(29-24-36(51)2)74(70,71)64-34-54(52-32-40(63)26-23-37(52)3)61-65-57-46-16-8-5-13-43(46)44-14-6-9-17-47(44)58(57)66-61/h5-34,49,53,64H,1-4H3,(H,65,66)(H,67,68)/b54-34+. The second-order valence-electron chi connectivity index (χ2n) is 19.5. The van der Waals surface area contributed by atoms with Crippen LogP contribution in [0, 0.1) is 27.7 Å². The van der Waals surface area contributed by atoms with Gasteiger partial charge in [-0.1, -0.05) is 155 Å². The summed E-state index contributed by atoms with van der Waals surface area (Å²) < 4.78 is 63.2. The van der Waals surface area contributed by atoms with E-state index >= 15 is 0 Å². The second-order valence-corrected chi connectivity index (χ2v) is 24.0. The Balaban J connectivity index is 0.866. The highest BCUT2D eigenvalue weighted by molar-refractivity contribution is 9.10. The van der Waals surface area contributed by atoms with Gasteiger partial charge in [-0.25, -0.2) is 30.8 Å². The first-order valence-electron chi connectivity index (χ1n) is 24.7. The number of hydrogen-bond donors (Lipinski definition) is 3. The maximum Gasteiger partial charge on any atom is 0.268 e. The highest BCUT2D eigenvalue weighted by Crippen LogP contribution is 2.52. The smallest absolute Gasteiger partial charge is 0.268 e. The second kappa shape index (κ2) is 17.5. The van der Waals surface area contributed by atoms with Gasteiger partial charge in [0.1, 0.15) is 11.6 Å². The summed E-state index contributed by atoms with van der Waals surface area (Å²) in [6.45, 7) is 7.76. The summed E-state index contributed by atoms with van der Waals surface area (Å²) in [5.74, 6) is 0.848. The summed E-state index contributed by atoms with van der Waals surface area (Å²) in [4.78, 5) is 18.1. The van der Waals surface area contributed by atoms with Crippen LogP contribution < -0.4 is 4.72 Å². The van der Waals surface area contributed by atoms with Crippen molar-refractivity contribution in [3.05, 3.63) is 237 Å². The minimum Gasteiger partial charge on any atom is -0.341 e. The molecule has 10 nitrogen and oxygen atoms in total. The molecule has 0 spiro atoms. The van der Waals surface area contributed by atoms with Crippen LogP contribution in [-0.2, 0) is 20.0 Å². The van der Waals surface area contributed by atoms with E-state index in [1.165, 1.54) is 3.97 Å². The molecule has 0 saturated carbocycles. The van der Waals surface area contributed by atoms with Gasteiger partial charge in [-0.05, 0) is 114 Å². The van der Waals surface area contributed by atoms with Crippen LogP contribution in [0.1, 0.15) is 62.4 Å². The molecular weight excluding hydrogens is 1040 g/mol. The molecule has 13 heteroatoms. The zero-order chi connectivity index (χ0) is 51.5. The summed E-state index contributed by atoms with van der Waals surface area (Å²) >= 11 is 3.66. The first kappa shape index (κ1) is 46.7. The first-order chi connectivity index (χ1) is 36.2. The number of sulfonamides is 1. The van der Waals surface area contributed by atoms with E-state index < -0.39 is 20.0 Å². The Morgan fingerprint density at radius 2 is 1.32 bits per heavy atom. The number of allylic oxidation sites excluding steroid dienone is 4. The Labute approximate surface area is 442 Å². The van der Waals surface area contributed by atoms with E-state index in [1.807, 2.05) is 125 Å². The molecule has 368 valence electrons. The molecule has 0 amide bonds. The van der Waals surface area contributed by atoms with Gasteiger partial charge in [0.05, 0.1) is 37.7 Å². The third-order valence-electron chi connectivity index (χ3n) is 15.0. The number of fused-ring (bicyclic) bond motifs is 13. The number of H-pyrrole nitrogens is 2. The number of aromatic amines is 2. The molecule has 0 bridgehead atoms. The van der Waals surface area contributed by atoms with Crippen LogP contribution in [0.2, 0.25) is 0 Å². The molecule has 2 aliphatic carbocycles. The molecule has 0 aliphatic heterocycles. The number of aryl methyl sites for hydroxylation is 3. The van der Waals surface area contributed by atoms with Gasteiger partial charge < -0.3 is 9.97 Å². The van der Waals surface area contributed by atoms with Gasteiger partial charge in [0, 0.05) is 61.1 Å². The van der Waals surface area contributed by atoms with Crippen LogP contribution in [0.15, 0.2) is 196 Å². The molecule has 0 saturated heterocycles. The Morgan fingerprint density at radius 3 is 2.11 bits per heavy atom. The molecule has 75 heavy (non-hydrogen) atoms. The molecular formula is C62H47BrN6O4S2. The average molecular weight is 1080 g/mol. The number of hydrogen-bond acceptors (Lipinski definition) is 6. The van der Waals surface area contributed by atoms with Crippen molar-refractivity contribution in [1.29, 1.82) is 0 Å². The van der Waals surface area contributed by atoms with Crippen molar-refractivity contribution in [3.63, 3.8) is 0 Å². The van der Waals surface area contributed by atoms with Crippen molar-refractivity contribution >= 4 is 90.6 Å². The molecule has 11 aromatic rings. The third-order valence-corrected chi connectivity index (χ3v) is 18.6. The van der Waals surface area contributed by atoms with Gasteiger partial charge in [0.25, 0.3) is 20.0 Å². The minimum atomic E-state index is -4.14. The molecule has 3 aromatic heterocycles. The van der Waals surface area contributed by atoms with E-state index in [-0.39, 0.29) is 21.6 Å². The lowest BCUT2D eigenvalue weighted by Crippen LogP contribution is -2.19. The van der Waals surface area contributed by atoms with Gasteiger partial charge in [-0.15, -0.1) is 0 Å². The summed E-state index contributed by atoms with van der Waals surface area (Å²) in [6, 6.07) is 50.4. The Morgan fingerprint density at radius 1 is 0.653 bits per heavy atom. The van der Waals surface area contributed by atoms with Crippen LogP contribution in [0.4, 0.5) is 0 Å². The minimum absolute atomic E-state index is 0.117. The fourth-order valence-corrected chi connectivity index (χ4v) is 14.2. The number of nitrogens with zero attached hydrogens (tertiary/aromatic N) is 3. The lowest BCUT2D eigenvalue weighted by Gasteiger charge is -2.32. The zero-order valence-electron chi connectivity index (χ0n) is 41.1. The van der Waals surface area contributed by atoms with Gasteiger partial charge >= 0.3 is 0 Å². The van der Waals surface area contributed by atoms with Gasteiger partial charge in [-0.2, -0.15) is 0 Å². The molecule has 3 N–H and O–H groups in total. The van der Waals surface area contributed by atoms with Crippen LogP contribution in [0.3, 0.4) is 0 Å². The fraction of sp³-hybridized carbons (Fsp3) is 0.0968. The molecule has 2 aliphatic rings. The maximum atomic E-state index is 14.6. The lowest BCUT2D eigenvalue weighted by molar-refractivity contribution is 0.587. The predicted octanol–water partition coefficient (Wildman–Crippen LogP) is 14.3. The number of para-hydroxylation sites is 1. The number of imidazole rings is 2. The fourth-order valence-electron chi connectivity index (χ4n) is 11.3. The molecule has 2 unspecified atom stereocenters.